The van der Waals surface area contributed by atoms with Gasteiger partial charge < -0.3 is 10.2 Å². The van der Waals surface area contributed by atoms with Crippen LogP contribution in [0, 0.1) is 11.6 Å². The van der Waals surface area contributed by atoms with Crippen LogP contribution in [0.2, 0.25) is 0 Å². The smallest absolute Gasteiger partial charge is 0.240 e. The van der Waals surface area contributed by atoms with Crippen LogP contribution in [0.15, 0.2) is 18.2 Å². The van der Waals surface area contributed by atoms with Crippen molar-refractivity contribution >= 4 is 17.5 Å². The molecule has 0 aliphatic rings. The number of amides is 2. The summed E-state index contributed by atoms with van der Waals surface area (Å²) in [7, 11) is 0. The van der Waals surface area contributed by atoms with Gasteiger partial charge in [0.2, 0.25) is 11.8 Å². The molecule has 4 nitrogen and oxygen atoms in total. The summed E-state index contributed by atoms with van der Waals surface area (Å²) in [5.41, 5.74) is 0.155. The van der Waals surface area contributed by atoms with Gasteiger partial charge in [-0.15, -0.1) is 0 Å². The molecule has 1 aromatic rings. The minimum Gasteiger partial charge on any atom is -0.355 e. The van der Waals surface area contributed by atoms with Crippen LogP contribution in [0.1, 0.15) is 26.7 Å². The largest absolute Gasteiger partial charge is 0.355 e. The molecule has 2 amide bonds. The van der Waals surface area contributed by atoms with E-state index in [4.69, 9.17) is 0 Å². The number of hydrogen-bond acceptors (Lipinski definition) is 2. The van der Waals surface area contributed by atoms with E-state index in [1.807, 2.05) is 6.92 Å². The quantitative estimate of drug-likeness (QED) is 0.814. The Morgan fingerprint density at radius 3 is 2.50 bits per heavy atom. The molecule has 0 bridgehead atoms. The molecule has 0 radical (unpaired) electrons. The third kappa shape index (κ3) is 4.60. The van der Waals surface area contributed by atoms with Gasteiger partial charge in [-0.25, -0.2) is 8.78 Å². The summed E-state index contributed by atoms with van der Waals surface area (Å²) < 4.78 is 26.0. The predicted octanol–water partition coefficient (Wildman–Crippen LogP) is 2.23. The van der Waals surface area contributed by atoms with E-state index in [0.29, 0.717) is 6.54 Å². The highest BCUT2D eigenvalue weighted by Crippen LogP contribution is 2.18. The topological polar surface area (TPSA) is 49.4 Å². The van der Waals surface area contributed by atoms with E-state index in [0.717, 1.165) is 29.9 Å². The second kappa shape index (κ2) is 7.57. The molecule has 0 heterocycles. The summed E-state index contributed by atoms with van der Waals surface area (Å²) >= 11 is 0. The monoisotopic (exact) mass is 284 g/mol. The van der Waals surface area contributed by atoms with Crippen molar-refractivity contribution in [3.8, 4) is 0 Å². The summed E-state index contributed by atoms with van der Waals surface area (Å²) in [5, 5.41) is 2.66. The lowest BCUT2D eigenvalue weighted by Crippen LogP contribution is -2.40. The molecule has 6 heteroatoms. The Balaban J connectivity index is 2.76. The number of nitrogens with zero attached hydrogens (tertiary/aromatic N) is 1. The fourth-order valence-electron chi connectivity index (χ4n) is 1.64. The zero-order valence-corrected chi connectivity index (χ0v) is 11.6. The van der Waals surface area contributed by atoms with Crippen LogP contribution in [-0.2, 0) is 9.59 Å². The number of benzene rings is 1. The average Bonchev–Trinajstić information content (AvgIpc) is 2.39. The van der Waals surface area contributed by atoms with Gasteiger partial charge in [0.05, 0.1) is 0 Å². The first kappa shape index (κ1) is 16.1. The van der Waals surface area contributed by atoms with E-state index < -0.39 is 17.5 Å². The Morgan fingerprint density at radius 1 is 1.25 bits per heavy atom. The molecule has 110 valence electrons. The molecule has 1 aromatic carbocycles. The molecular formula is C14H18F2N2O2. The van der Waals surface area contributed by atoms with Crippen molar-refractivity contribution in [2.45, 2.75) is 26.7 Å². The van der Waals surface area contributed by atoms with Gasteiger partial charge in [0.1, 0.15) is 6.54 Å². The van der Waals surface area contributed by atoms with Gasteiger partial charge >= 0.3 is 0 Å². The Bertz CT molecular complexity index is 492. The standard InChI is InChI=1S/C14H18F2N2O2/c1-3-4-7-17-14(20)9-18(10(2)19)11-5-6-12(15)13(16)8-11/h5-6,8H,3-4,7,9H2,1-2H3,(H,17,20). The molecule has 0 saturated heterocycles. The minimum absolute atomic E-state index is 0.155. The highest BCUT2D eigenvalue weighted by molar-refractivity contribution is 5.97. The van der Waals surface area contributed by atoms with Crippen LogP contribution < -0.4 is 10.2 Å². The van der Waals surface area contributed by atoms with Crippen molar-refractivity contribution in [2.75, 3.05) is 18.0 Å². The molecule has 0 unspecified atom stereocenters. The maximum absolute atomic E-state index is 13.2. The van der Waals surface area contributed by atoms with Gasteiger partial charge in [0, 0.05) is 25.2 Å². The number of carbonyl (C=O) groups excluding carboxylic acids is 2. The zero-order chi connectivity index (χ0) is 15.1. The SMILES string of the molecule is CCCCNC(=O)CN(C(C)=O)c1ccc(F)c(F)c1. The lowest BCUT2D eigenvalue weighted by atomic mass is 10.2. The molecule has 0 spiro atoms. The van der Waals surface area contributed by atoms with Crippen LogP contribution in [0.3, 0.4) is 0 Å². The third-order valence-corrected chi connectivity index (χ3v) is 2.75. The van der Waals surface area contributed by atoms with Crippen LogP contribution in [0.5, 0.6) is 0 Å². The van der Waals surface area contributed by atoms with E-state index in [1.165, 1.54) is 13.0 Å². The van der Waals surface area contributed by atoms with Gasteiger partial charge in [-0.1, -0.05) is 13.3 Å². The fourth-order valence-corrected chi connectivity index (χ4v) is 1.64. The molecule has 0 aliphatic heterocycles. The Labute approximate surface area is 116 Å². The Morgan fingerprint density at radius 2 is 1.95 bits per heavy atom. The van der Waals surface area contributed by atoms with Gasteiger partial charge in [0.15, 0.2) is 11.6 Å². The molecule has 0 saturated carbocycles. The van der Waals surface area contributed by atoms with E-state index in [-0.39, 0.29) is 18.1 Å². The normalized spacial score (nSPS) is 10.2. The van der Waals surface area contributed by atoms with E-state index in [2.05, 4.69) is 5.32 Å². The number of hydrogen-bond donors (Lipinski definition) is 1. The van der Waals surface area contributed by atoms with Crippen molar-refractivity contribution in [3.63, 3.8) is 0 Å². The fraction of sp³-hybridized carbons (Fsp3) is 0.429. The van der Waals surface area contributed by atoms with Crippen molar-refractivity contribution in [1.29, 1.82) is 0 Å². The Kier molecular flexibility index (Phi) is 6.09. The number of nitrogens with one attached hydrogen (secondary N) is 1. The maximum atomic E-state index is 13.2. The summed E-state index contributed by atoms with van der Waals surface area (Å²) in [6.07, 6.45) is 1.79. The van der Waals surface area contributed by atoms with Gasteiger partial charge in [-0.2, -0.15) is 0 Å². The second-order valence-electron chi connectivity index (χ2n) is 4.41. The van der Waals surface area contributed by atoms with Gasteiger partial charge in [-0.3, -0.25) is 9.59 Å². The van der Waals surface area contributed by atoms with E-state index >= 15 is 0 Å². The van der Waals surface area contributed by atoms with Gasteiger partial charge in [0.25, 0.3) is 0 Å². The molecule has 1 N–H and O–H groups in total. The number of halogens is 2. The first-order valence-electron chi connectivity index (χ1n) is 6.45. The summed E-state index contributed by atoms with van der Waals surface area (Å²) in [6.45, 7) is 3.57. The van der Waals surface area contributed by atoms with Crippen molar-refractivity contribution in [2.24, 2.45) is 0 Å². The Hall–Kier alpha value is -1.98. The first-order valence-corrected chi connectivity index (χ1v) is 6.45. The molecule has 0 aliphatic carbocycles. The lowest BCUT2D eigenvalue weighted by Gasteiger charge is -2.20. The predicted molar refractivity (Wildman–Crippen MR) is 72.3 cm³/mol. The molecule has 1 rings (SSSR count). The minimum atomic E-state index is -1.06. The molecule has 0 aromatic heterocycles. The highest BCUT2D eigenvalue weighted by Gasteiger charge is 2.17. The second-order valence-corrected chi connectivity index (χ2v) is 4.41. The number of unbranched alkanes of at least 4 members (excludes halogenated alkanes) is 1. The zero-order valence-electron chi connectivity index (χ0n) is 11.6. The summed E-state index contributed by atoms with van der Waals surface area (Å²) in [5.74, 6) is -2.80. The number of anilines is 1. The molecule has 0 atom stereocenters. The van der Waals surface area contributed by atoms with E-state index in [1.54, 1.807) is 0 Å². The number of rotatable bonds is 6. The number of carbonyl (C=O) groups is 2. The van der Waals surface area contributed by atoms with E-state index in [9.17, 15) is 18.4 Å². The molecule has 20 heavy (non-hydrogen) atoms. The average molecular weight is 284 g/mol. The van der Waals surface area contributed by atoms with Crippen LogP contribution in [0.4, 0.5) is 14.5 Å². The highest BCUT2D eigenvalue weighted by atomic mass is 19.2. The summed E-state index contributed by atoms with van der Waals surface area (Å²) in [6, 6.07) is 3.09. The van der Waals surface area contributed by atoms with Crippen LogP contribution in [-0.4, -0.2) is 24.9 Å². The summed E-state index contributed by atoms with van der Waals surface area (Å²) in [4.78, 5) is 24.3. The maximum Gasteiger partial charge on any atom is 0.240 e. The molecular weight excluding hydrogens is 266 g/mol. The van der Waals surface area contributed by atoms with Crippen molar-refractivity contribution in [3.05, 3.63) is 29.8 Å². The van der Waals surface area contributed by atoms with Crippen LogP contribution >= 0.6 is 0 Å². The van der Waals surface area contributed by atoms with Crippen LogP contribution in [0.25, 0.3) is 0 Å². The lowest BCUT2D eigenvalue weighted by molar-refractivity contribution is -0.123. The van der Waals surface area contributed by atoms with Gasteiger partial charge in [-0.05, 0) is 18.6 Å². The van der Waals surface area contributed by atoms with Crippen molar-refractivity contribution in [1.82, 2.24) is 5.32 Å². The first-order chi connectivity index (χ1) is 9.45. The molecule has 0 fully saturated rings. The third-order valence-electron chi connectivity index (χ3n) is 2.75. The van der Waals surface area contributed by atoms with Crippen molar-refractivity contribution < 1.29 is 18.4 Å².